The largest absolute Gasteiger partial charge is 0.383 e. The van der Waals surface area contributed by atoms with Gasteiger partial charge in [-0.1, -0.05) is 30.3 Å². The average Bonchev–Trinajstić information content (AvgIpc) is 3.19. The minimum absolute atomic E-state index is 0.187. The van der Waals surface area contributed by atoms with E-state index >= 15 is 0 Å². The first-order valence-corrected chi connectivity index (χ1v) is 10.1. The van der Waals surface area contributed by atoms with Crippen LogP contribution in [0.1, 0.15) is 33.2 Å². The third kappa shape index (κ3) is 5.12. The molecule has 2 aromatic carbocycles. The summed E-state index contributed by atoms with van der Waals surface area (Å²) < 4.78 is 1.50. The van der Waals surface area contributed by atoms with Crippen molar-refractivity contribution in [2.75, 3.05) is 19.8 Å². The number of rotatable bonds is 7. The molecule has 0 bridgehead atoms. The lowest BCUT2D eigenvalue weighted by Crippen LogP contribution is -2.44. The molecule has 3 aromatic rings. The number of aromatic nitrogens is 2. The number of likely N-dealkylation sites (N-methyl/N-ethyl adjacent to an activating group) is 1. The van der Waals surface area contributed by atoms with E-state index in [0.29, 0.717) is 5.56 Å². The Kier molecular flexibility index (Phi) is 6.89. The third-order valence-corrected chi connectivity index (χ3v) is 4.88. The molecule has 0 fully saturated rings. The Bertz CT molecular complexity index is 1110. The van der Waals surface area contributed by atoms with E-state index in [0.717, 1.165) is 11.3 Å². The Morgan fingerprint density at radius 1 is 1.03 bits per heavy atom. The molecule has 1 atom stereocenters. The topological polar surface area (TPSA) is 122 Å². The van der Waals surface area contributed by atoms with Gasteiger partial charge >= 0.3 is 0 Å². The number of nitrogens with two attached hydrogens (primary N) is 1. The molecule has 9 nitrogen and oxygen atoms in total. The van der Waals surface area contributed by atoms with Crippen LogP contribution in [0.5, 0.6) is 0 Å². The first-order chi connectivity index (χ1) is 15.3. The number of carbonyl (C=O) groups excluding carboxylic acids is 3. The van der Waals surface area contributed by atoms with Crippen LogP contribution in [-0.2, 0) is 11.3 Å². The average molecular weight is 435 g/mol. The maximum absolute atomic E-state index is 12.6. The Hall–Kier alpha value is -4.14. The fourth-order valence-corrected chi connectivity index (χ4v) is 3.09. The zero-order valence-electron chi connectivity index (χ0n) is 18.2. The minimum atomic E-state index is -0.626. The van der Waals surface area contributed by atoms with Crippen LogP contribution in [0.3, 0.4) is 0 Å². The van der Waals surface area contributed by atoms with Crippen molar-refractivity contribution in [3.05, 3.63) is 77.5 Å². The lowest BCUT2D eigenvalue weighted by molar-refractivity contribution is -0.130. The Labute approximate surface area is 186 Å². The van der Waals surface area contributed by atoms with Gasteiger partial charge in [0.1, 0.15) is 17.4 Å². The monoisotopic (exact) mass is 434 g/mol. The number of amides is 3. The molecule has 32 heavy (non-hydrogen) atoms. The number of nitrogens with zero attached hydrogens (tertiary/aromatic N) is 3. The lowest BCUT2D eigenvalue weighted by Gasteiger charge is -2.18. The van der Waals surface area contributed by atoms with Gasteiger partial charge in [0.25, 0.3) is 11.8 Å². The highest BCUT2D eigenvalue weighted by atomic mass is 16.2. The molecule has 0 saturated heterocycles. The van der Waals surface area contributed by atoms with Crippen molar-refractivity contribution in [3.8, 4) is 5.69 Å². The number of hydrogen-bond acceptors (Lipinski definition) is 5. The van der Waals surface area contributed by atoms with Gasteiger partial charge in [0.2, 0.25) is 5.91 Å². The third-order valence-electron chi connectivity index (χ3n) is 4.88. The molecule has 0 aliphatic carbocycles. The number of nitrogens with one attached hydrogen (secondary N) is 2. The molecule has 0 aliphatic rings. The van der Waals surface area contributed by atoms with Crippen LogP contribution in [0.4, 0.5) is 5.82 Å². The van der Waals surface area contributed by atoms with Crippen molar-refractivity contribution >= 4 is 23.5 Å². The maximum Gasteiger partial charge on any atom is 0.256 e. The number of para-hydroxylation sites is 1. The van der Waals surface area contributed by atoms with Crippen molar-refractivity contribution < 1.29 is 14.4 Å². The summed E-state index contributed by atoms with van der Waals surface area (Å²) in [5, 5.41) is 9.67. The summed E-state index contributed by atoms with van der Waals surface area (Å²) in [5.74, 6) is -0.624. The van der Waals surface area contributed by atoms with E-state index in [9.17, 15) is 14.4 Å². The quantitative estimate of drug-likeness (QED) is 0.521. The molecular weight excluding hydrogens is 408 g/mol. The molecule has 0 aliphatic heterocycles. The summed E-state index contributed by atoms with van der Waals surface area (Å²) in [7, 11) is 3.27. The van der Waals surface area contributed by atoms with Gasteiger partial charge in [-0.25, -0.2) is 4.68 Å². The minimum Gasteiger partial charge on any atom is -0.383 e. The molecule has 1 heterocycles. The van der Waals surface area contributed by atoms with E-state index in [1.807, 2.05) is 30.3 Å². The van der Waals surface area contributed by atoms with Crippen molar-refractivity contribution in [1.82, 2.24) is 25.3 Å². The summed E-state index contributed by atoms with van der Waals surface area (Å²) in [6.07, 6.45) is 1.43. The molecule has 0 saturated carbocycles. The van der Waals surface area contributed by atoms with Crippen LogP contribution < -0.4 is 16.4 Å². The van der Waals surface area contributed by atoms with E-state index in [4.69, 9.17) is 5.73 Å². The Morgan fingerprint density at radius 3 is 2.31 bits per heavy atom. The second-order valence-corrected chi connectivity index (χ2v) is 7.50. The molecule has 3 amide bonds. The van der Waals surface area contributed by atoms with Crippen molar-refractivity contribution in [1.29, 1.82) is 0 Å². The summed E-state index contributed by atoms with van der Waals surface area (Å²) in [6, 6.07) is 15.4. The lowest BCUT2D eigenvalue weighted by atomic mass is 10.1. The van der Waals surface area contributed by atoms with Gasteiger partial charge in [-0.3, -0.25) is 14.4 Å². The van der Waals surface area contributed by atoms with Crippen LogP contribution >= 0.6 is 0 Å². The molecule has 0 radical (unpaired) electrons. The predicted octanol–water partition coefficient (Wildman–Crippen LogP) is 1.59. The highest BCUT2D eigenvalue weighted by Crippen LogP contribution is 2.17. The van der Waals surface area contributed by atoms with Gasteiger partial charge in [-0.15, -0.1) is 0 Å². The van der Waals surface area contributed by atoms with E-state index in [-0.39, 0.29) is 35.6 Å². The number of hydrogen-bond donors (Lipinski definition) is 3. The van der Waals surface area contributed by atoms with Crippen LogP contribution in [0.25, 0.3) is 5.69 Å². The molecule has 0 spiro atoms. The molecular formula is C23H26N6O3. The van der Waals surface area contributed by atoms with Gasteiger partial charge in [0.15, 0.2) is 0 Å². The highest BCUT2D eigenvalue weighted by Gasteiger charge is 2.18. The smallest absolute Gasteiger partial charge is 0.256 e. The van der Waals surface area contributed by atoms with Gasteiger partial charge in [0.05, 0.1) is 11.9 Å². The first-order valence-electron chi connectivity index (χ1n) is 10.1. The first kappa shape index (κ1) is 22.5. The SMILES string of the molecule is C[C@H](NC(=O)c1ccc(CNC(=O)c2cnn(-c3ccccc3)c2N)cc1)C(=O)N(C)C. The van der Waals surface area contributed by atoms with Crippen LogP contribution in [-0.4, -0.2) is 52.5 Å². The van der Waals surface area contributed by atoms with Crippen molar-refractivity contribution in [3.63, 3.8) is 0 Å². The number of nitrogen functional groups attached to an aromatic ring is 1. The fraction of sp³-hybridized carbons (Fsp3) is 0.217. The van der Waals surface area contributed by atoms with Crippen LogP contribution in [0, 0.1) is 0 Å². The number of anilines is 1. The normalized spacial score (nSPS) is 11.5. The van der Waals surface area contributed by atoms with Crippen LogP contribution in [0.2, 0.25) is 0 Å². The zero-order chi connectivity index (χ0) is 23.3. The number of benzene rings is 2. The van der Waals surface area contributed by atoms with Gasteiger partial charge < -0.3 is 21.3 Å². The highest BCUT2D eigenvalue weighted by molar-refractivity contribution is 5.99. The Balaban J connectivity index is 1.59. The molecule has 4 N–H and O–H groups in total. The van der Waals surface area contributed by atoms with Gasteiger partial charge in [0, 0.05) is 26.2 Å². The predicted molar refractivity (Wildman–Crippen MR) is 121 cm³/mol. The van der Waals surface area contributed by atoms with Crippen molar-refractivity contribution in [2.45, 2.75) is 19.5 Å². The van der Waals surface area contributed by atoms with Gasteiger partial charge in [-0.2, -0.15) is 5.10 Å². The second-order valence-electron chi connectivity index (χ2n) is 7.50. The van der Waals surface area contributed by atoms with E-state index < -0.39 is 6.04 Å². The molecule has 3 rings (SSSR count). The molecule has 166 valence electrons. The van der Waals surface area contributed by atoms with Crippen molar-refractivity contribution in [2.24, 2.45) is 0 Å². The van der Waals surface area contributed by atoms with E-state index in [1.54, 1.807) is 45.3 Å². The molecule has 0 unspecified atom stereocenters. The Morgan fingerprint density at radius 2 is 1.69 bits per heavy atom. The van der Waals surface area contributed by atoms with E-state index in [2.05, 4.69) is 15.7 Å². The summed E-state index contributed by atoms with van der Waals surface area (Å²) in [6.45, 7) is 1.89. The maximum atomic E-state index is 12.6. The molecule has 1 aromatic heterocycles. The standard InChI is InChI=1S/C23H26N6O3/c1-15(23(32)28(2)3)27-21(30)17-11-9-16(10-12-17)13-25-22(31)19-14-26-29(20(19)24)18-7-5-4-6-8-18/h4-12,14-15H,13,24H2,1-3H3,(H,25,31)(H,27,30)/t15-/m0/s1. The summed E-state index contributed by atoms with van der Waals surface area (Å²) in [5.41, 5.74) is 8.38. The molecule has 9 heteroatoms. The fourth-order valence-electron chi connectivity index (χ4n) is 3.09. The van der Waals surface area contributed by atoms with Crippen LogP contribution in [0.15, 0.2) is 60.8 Å². The van der Waals surface area contributed by atoms with Gasteiger partial charge in [-0.05, 0) is 36.8 Å². The summed E-state index contributed by atoms with van der Waals surface area (Å²) >= 11 is 0. The second kappa shape index (κ2) is 9.78. The number of carbonyl (C=O) groups is 3. The van der Waals surface area contributed by atoms with E-state index in [1.165, 1.54) is 15.8 Å². The zero-order valence-corrected chi connectivity index (χ0v) is 18.2. The summed E-state index contributed by atoms with van der Waals surface area (Å²) in [4.78, 5) is 38.2.